The van der Waals surface area contributed by atoms with Crippen molar-refractivity contribution < 1.29 is 41.3 Å². The number of aliphatic hydroxyl groups is 1. The summed E-state index contributed by atoms with van der Waals surface area (Å²) < 4.78 is 82.8. The number of anilines is 1. The van der Waals surface area contributed by atoms with E-state index in [2.05, 4.69) is 32.0 Å². The van der Waals surface area contributed by atoms with Crippen molar-refractivity contribution in [1.29, 1.82) is 0 Å². The lowest BCUT2D eigenvalue weighted by atomic mass is 9.89. The maximum absolute atomic E-state index is 14.2. The molecular weight excluding hydrogens is 721 g/mol. The highest BCUT2D eigenvalue weighted by Gasteiger charge is 2.39. The van der Waals surface area contributed by atoms with Crippen LogP contribution in [0.25, 0.3) is 11.1 Å². The predicted octanol–water partition coefficient (Wildman–Crippen LogP) is 6.88. The van der Waals surface area contributed by atoms with Gasteiger partial charge in [0.05, 0.1) is 18.8 Å². The Morgan fingerprint density at radius 2 is 1.40 bits per heavy atom. The molecule has 0 saturated carbocycles. The lowest BCUT2D eigenvalue weighted by molar-refractivity contribution is -0.276. The van der Waals surface area contributed by atoms with Crippen LogP contribution in [0.2, 0.25) is 0 Å². The molecule has 2 aliphatic rings. The number of halogens is 5. The van der Waals surface area contributed by atoms with E-state index >= 15 is 0 Å². The molecule has 0 aliphatic carbocycles. The van der Waals surface area contributed by atoms with Gasteiger partial charge in [0.2, 0.25) is 11.8 Å². The highest BCUT2D eigenvalue weighted by Crippen LogP contribution is 2.42. The summed E-state index contributed by atoms with van der Waals surface area (Å²) in [6, 6.07) is 24.1. The first-order chi connectivity index (χ1) is 26.6. The molecule has 1 aromatic heterocycles. The number of carbonyl (C=O) groups is 1. The van der Waals surface area contributed by atoms with Crippen LogP contribution in [0.5, 0.6) is 0 Å². The second kappa shape index (κ2) is 16.6. The van der Waals surface area contributed by atoms with Crippen LogP contribution in [0.3, 0.4) is 0 Å². The Balaban J connectivity index is 1.09. The SMILES string of the molecule is C[C@@H]1[C@H](CN2CCN(c3ncccn3)CC2)O[C@H](c2cccc(-c3cccc(CNC(=O)c4c(F)c(F)c(F)c(F)c4F)c3)c2)O[C@@H]1c1ccc(CO)cc1. The zero-order chi connectivity index (χ0) is 38.6. The number of piperazine rings is 1. The number of ether oxygens (including phenoxy) is 2. The Kier molecular flexibility index (Phi) is 11.5. The Hall–Kier alpha value is -5.28. The summed E-state index contributed by atoms with van der Waals surface area (Å²) in [6.45, 7) is 5.64. The van der Waals surface area contributed by atoms with Crippen molar-refractivity contribution in [2.45, 2.75) is 38.6 Å². The Morgan fingerprint density at radius 1 is 0.764 bits per heavy atom. The third kappa shape index (κ3) is 8.22. The van der Waals surface area contributed by atoms with E-state index in [0.29, 0.717) is 18.1 Å². The van der Waals surface area contributed by atoms with Gasteiger partial charge in [0.15, 0.2) is 29.6 Å². The minimum Gasteiger partial charge on any atom is -0.392 e. The van der Waals surface area contributed by atoms with Gasteiger partial charge in [-0.05, 0) is 46.0 Å². The van der Waals surface area contributed by atoms with E-state index < -0.39 is 46.8 Å². The van der Waals surface area contributed by atoms with Crippen LogP contribution in [0.1, 0.15) is 51.9 Å². The van der Waals surface area contributed by atoms with Crippen molar-refractivity contribution in [2.24, 2.45) is 5.92 Å². The van der Waals surface area contributed by atoms with Crippen LogP contribution in [-0.2, 0) is 22.6 Å². The van der Waals surface area contributed by atoms with Crippen molar-refractivity contribution in [3.05, 3.63) is 148 Å². The van der Waals surface area contributed by atoms with E-state index in [9.17, 15) is 31.9 Å². The van der Waals surface area contributed by atoms with Crippen molar-refractivity contribution >= 4 is 11.9 Å². The van der Waals surface area contributed by atoms with Gasteiger partial charge in [0.1, 0.15) is 5.56 Å². The van der Waals surface area contributed by atoms with Gasteiger partial charge in [0.25, 0.3) is 5.91 Å². The summed E-state index contributed by atoms with van der Waals surface area (Å²) in [5.41, 5.74) is 3.02. The first-order valence-electron chi connectivity index (χ1n) is 17.8. The molecule has 5 aromatic rings. The van der Waals surface area contributed by atoms with E-state index in [4.69, 9.17) is 9.47 Å². The number of nitrogens with one attached hydrogen (secondary N) is 1. The molecule has 286 valence electrons. The van der Waals surface area contributed by atoms with Gasteiger partial charge in [-0.15, -0.1) is 0 Å². The molecule has 0 radical (unpaired) electrons. The van der Waals surface area contributed by atoms with Crippen LogP contribution in [0.15, 0.2) is 91.3 Å². The molecule has 14 heteroatoms. The second-order valence-corrected chi connectivity index (χ2v) is 13.6. The Labute approximate surface area is 314 Å². The first kappa shape index (κ1) is 38.0. The van der Waals surface area contributed by atoms with Crippen LogP contribution < -0.4 is 10.2 Å². The molecule has 2 aliphatic heterocycles. The molecule has 0 unspecified atom stereocenters. The first-order valence-corrected chi connectivity index (χ1v) is 17.8. The smallest absolute Gasteiger partial charge is 0.257 e. The molecule has 55 heavy (non-hydrogen) atoms. The summed E-state index contributed by atoms with van der Waals surface area (Å²) in [7, 11) is 0. The van der Waals surface area contributed by atoms with Crippen molar-refractivity contribution in [3.63, 3.8) is 0 Å². The second-order valence-electron chi connectivity index (χ2n) is 13.6. The summed E-state index contributed by atoms with van der Waals surface area (Å²) in [5, 5.41) is 11.9. The molecule has 0 spiro atoms. The molecular formula is C41H38F5N5O4. The molecule has 3 heterocycles. The van der Waals surface area contributed by atoms with E-state index in [-0.39, 0.29) is 31.3 Å². The molecule has 2 N–H and O–H groups in total. The van der Waals surface area contributed by atoms with Crippen LogP contribution in [0, 0.1) is 35.0 Å². The van der Waals surface area contributed by atoms with Crippen LogP contribution in [0.4, 0.5) is 27.9 Å². The zero-order valence-corrected chi connectivity index (χ0v) is 29.8. The van der Waals surface area contributed by atoms with Gasteiger partial charge < -0.3 is 24.8 Å². The lowest BCUT2D eigenvalue weighted by Gasteiger charge is -2.44. The molecule has 4 aromatic carbocycles. The molecule has 4 atom stereocenters. The number of rotatable bonds is 10. The molecule has 1 amide bonds. The van der Waals surface area contributed by atoms with Crippen LogP contribution in [-0.4, -0.2) is 64.7 Å². The highest BCUT2D eigenvalue weighted by molar-refractivity contribution is 5.94. The fourth-order valence-electron chi connectivity index (χ4n) is 6.97. The van der Waals surface area contributed by atoms with E-state index in [1.54, 1.807) is 36.7 Å². The monoisotopic (exact) mass is 759 g/mol. The normalized spacial score (nSPS) is 20.4. The predicted molar refractivity (Wildman–Crippen MR) is 193 cm³/mol. The minimum atomic E-state index is -2.34. The zero-order valence-electron chi connectivity index (χ0n) is 29.8. The lowest BCUT2D eigenvalue weighted by Crippen LogP contribution is -2.51. The average Bonchev–Trinajstić information content (AvgIpc) is 3.23. The van der Waals surface area contributed by atoms with Gasteiger partial charge in [-0.2, -0.15) is 0 Å². The van der Waals surface area contributed by atoms with Crippen LogP contribution >= 0.6 is 0 Å². The number of amides is 1. The van der Waals surface area contributed by atoms with Gasteiger partial charge in [-0.1, -0.05) is 67.6 Å². The number of hydrogen-bond donors (Lipinski definition) is 2. The standard InChI is InChI=1S/C41H38F5N5O4/c1-24-31(22-50-15-17-51(18-16-50)41-47-13-4-14-48-41)54-40(55-38(24)27-11-9-25(23-52)10-12-27)30-8-3-7-29(20-30)28-6-2-5-26(19-28)21-49-39(53)32-33(42)35(44)37(46)36(45)34(32)43/h2-14,19-20,24,31,38,40,52H,15-18,21-23H2,1H3,(H,49,53)/t24-,31+,38+,40+/m1/s1. The van der Waals surface area contributed by atoms with E-state index in [0.717, 1.165) is 54.0 Å². The van der Waals surface area contributed by atoms with Gasteiger partial charge in [-0.25, -0.2) is 31.9 Å². The van der Waals surface area contributed by atoms with Crippen molar-refractivity contribution in [2.75, 3.05) is 37.6 Å². The van der Waals surface area contributed by atoms with E-state index in [1.807, 2.05) is 54.6 Å². The Bertz CT molecular complexity index is 2110. The molecule has 2 fully saturated rings. The van der Waals surface area contributed by atoms with Gasteiger partial charge >= 0.3 is 0 Å². The van der Waals surface area contributed by atoms with Gasteiger partial charge in [0, 0.05) is 63.1 Å². The maximum atomic E-state index is 14.2. The quantitative estimate of drug-likeness (QED) is 0.0905. The topological polar surface area (TPSA) is 100 Å². The van der Waals surface area contributed by atoms with Crippen molar-refractivity contribution in [1.82, 2.24) is 20.2 Å². The van der Waals surface area contributed by atoms with Crippen molar-refractivity contribution in [3.8, 4) is 11.1 Å². The Morgan fingerprint density at radius 3 is 2.07 bits per heavy atom. The number of hydrogen-bond acceptors (Lipinski definition) is 8. The minimum absolute atomic E-state index is 0.0216. The number of aromatic nitrogens is 2. The molecule has 7 rings (SSSR count). The van der Waals surface area contributed by atoms with E-state index in [1.165, 1.54) is 0 Å². The summed E-state index contributed by atoms with van der Waals surface area (Å²) >= 11 is 0. The number of aliphatic hydroxyl groups excluding tert-OH is 1. The highest BCUT2D eigenvalue weighted by atomic mass is 19.2. The summed E-state index contributed by atoms with van der Waals surface area (Å²) in [5.74, 6) is -11.9. The number of carbonyl (C=O) groups excluding carboxylic acids is 1. The number of nitrogens with zero attached hydrogens (tertiary/aromatic N) is 4. The fraction of sp³-hybridized carbons (Fsp3) is 0.293. The van der Waals surface area contributed by atoms with Gasteiger partial charge in [-0.3, -0.25) is 9.69 Å². The average molecular weight is 760 g/mol. The maximum Gasteiger partial charge on any atom is 0.257 e. The number of benzene rings is 4. The molecule has 9 nitrogen and oxygen atoms in total. The third-order valence-electron chi connectivity index (χ3n) is 10.1. The fourth-order valence-corrected chi connectivity index (χ4v) is 6.97. The third-order valence-corrected chi connectivity index (χ3v) is 10.1. The molecule has 2 saturated heterocycles. The molecule has 0 bridgehead atoms. The summed E-state index contributed by atoms with van der Waals surface area (Å²) in [4.78, 5) is 25.9. The largest absolute Gasteiger partial charge is 0.392 e. The summed E-state index contributed by atoms with van der Waals surface area (Å²) in [6.07, 6.45) is 2.23.